The number of carbonyl (C=O) groups is 2. The minimum atomic E-state index is -3.97. The lowest BCUT2D eigenvalue weighted by Crippen LogP contribution is -2.30. The first-order chi connectivity index (χ1) is 14.8. The van der Waals surface area contributed by atoms with Crippen molar-refractivity contribution in [3.63, 3.8) is 0 Å². The van der Waals surface area contributed by atoms with E-state index in [1.807, 2.05) is 31.2 Å². The molecule has 0 aromatic heterocycles. The molecule has 31 heavy (non-hydrogen) atoms. The first kappa shape index (κ1) is 20.8. The molecule has 158 valence electrons. The van der Waals surface area contributed by atoms with Crippen LogP contribution in [0.1, 0.15) is 38.8 Å². The van der Waals surface area contributed by atoms with Crippen molar-refractivity contribution < 1.29 is 22.7 Å². The molecule has 6 nitrogen and oxygen atoms in total. The van der Waals surface area contributed by atoms with Crippen LogP contribution in [0.4, 0.5) is 5.69 Å². The summed E-state index contributed by atoms with van der Waals surface area (Å²) >= 11 is 0. The van der Waals surface area contributed by atoms with Gasteiger partial charge in [-0.25, -0.2) is 13.2 Å². The second kappa shape index (κ2) is 8.00. The zero-order valence-corrected chi connectivity index (χ0v) is 18.0. The fourth-order valence-electron chi connectivity index (χ4n) is 3.58. The number of ether oxygens (including phenoxy) is 1. The van der Waals surface area contributed by atoms with Crippen LogP contribution in [-0.4, -0.2) is 26.9 Å². The summed E-state index contributed by atoms with van der Waals surface area (Å²) < 4.78 is 31.9. The maximum Gasteiger partial charge on any atom is 0.338 e. The van der Waals surface area contributed by atoms with Gasteiger partial charge in [0.25, 0.3) is 5.91 Å². The summed E-state index contributed by atoms with van der Waals surface area (Å²) in [6, 6.07) is 18.0. The molecule has 0 N–H and O–H groups in total. The molecule has 3 aromatic carbocycles. The molecule has 0 saturated carbocycles. The Morgan fingerprint density at radius 2 is 1.68 bits per heavy atom. The molecule has 0 aliphatic carbocycles. The number of esters is 1. The van der Waals surface area contributed by atoms with E-state index in [9.17, 15) is 18.0 Å². The quantitative estimate of drug-likeness (QED) is 0.575. The Balaban J connectivity index is 1.94. The molecular formula is C24H21NO5S. The van der Waals surface area contributed by atoms with Crippen molar-refractivity contribution in [1.82, 2.24) is 0 Å². The van der Waals surface area contributed by atoms with Gasteiger partial charge in [-0.05, 0) is 49.7 Å². The monoisotopic (exact) mass is 435 g/mol. The molecule has 1 amide bonds. The van der Waals surface area contributed by atoms with Crippen LogP contribution in [0.5, 0.6) is 0 Å². The fraction of sp³-hybridized carbons (Fsp3) is 0.167. The van der Waals surface area contributed by atoms with Gasteiger partial charge in [0, 0.05) is 0 Å². The predicted molar refractivity (Wildman–Crippen MR) is 116 cm³/mol. The molecule has 1 aliphatic heterocycles. The van der Waals surface area contributed by atoms with Crippen molar-refractivity contribution in [2.24, 2.45) is 0 Å². The average molecular weight is 436 g/mol. The Morgan fingerprint density at radius 3 is 2.39 bits per heavy atom. The molecule has 0 unspecified atom stereocenters. The topological polar surface area (TPSA) is 80.8 Å². The maximum absolute atomic E-state index is 13.5. The first-order valence-corrected chi connectivity index (χ1v) is 11.3. The van der Waals surface area contributed by atoms with Gasteiger partial charge < -0.3 is 9.64 Å². The van der Waals surface area contributed by atoms with Gasteiger partial charge in [0.2, 0.25) is 9.84 Å². The highest BCUT2D eigenvalue weighted by Crippen LogP contribution is 2.38. The van der Waals surface area contributed by atoms with Gasteiger partial charge in [-0.2, -0.15) is 0 Å². The summed E-state index contributed by atoms with van der Waals surface area (Å²) in [5, 5.41) is 0. The van der Waals surface area contributed by atoms with Crippen molar-refractivity contribution in [3.8, 4) is 0 Å². The zero-order valence-electron chi connectivity index (χ0n) is 17.2. The molecule has 4 rings (SSSR count). The van der Waals surface area contributed by atoms with Crippen LogP contribution in [0.3, 0.4) is 0 Å². The molecular weight excluding hydrogens is 414 g/mol. The van der Waals surface area contributed by atoms with Crippen molar-refractivity contribution in [3.05, 3.63) is 89.0 Å². The Bertz CT molecular complexity index is 1280. The third kappa shape index (κ3) is 3.72. The number of carbonyl (C=O) groups excluding carboxylic acids is 2. The Kier molecular flexibility index (Phi) is 5.37. The highest BCUT2D eigenvalue weighted by atomic mass is 32.2. The van der Waals surface area contributed by atoms with Gasteiger partial charge >= 0.3 is 5.97 Å². The van der Waals surface area contributed by atoms with Crippen LogP contribution in [0.15, 0.2) is 76.5 Å². The summed E-state index contributed by atoms with van der Waals surface area (Å²) in [5.41, 5.74) is 2.35. The van der Waals surface area contributed by atoms with Crippen LogP contribution < -0.4 is 4.90 Å². The lowest BCUT2D eigenvalue weighted by atomic mass is 10.1. The van der Waals surface area contributed by atoms with E-state index in [1.165, 1.54) is 35.2 Å². The normalized spacial score (nSPS) is 14.4. The van der Waals surface area contributed by atoms with E-state index >= 15 is 0 Å². The van der Waals surface area contributed by atoms with Crippen LogP contribution in [0.2, 0.25) is 0 Å². The fourth-order valence-corrected chi connectivity index (χ4v) is 5.21. The molecule has 0 radical (unpaired) electrons. The molecule has 7 heteroatoms. The summed E-state index contributed by atoms with van der Waals surface area (Å²) in [5.74, 6) is -1.02. The standard InChI is InChI=1S/C24H21NO5S/c1-3-30-24(27)18-12-13-22-20(14-18)25(15-17-10-8-16(2)9-11-17)23(26)19-6-4-5-7-21(19)31(22,28)29/h4-14H,3,15H2,1-2H3. The number of rotatable bonds is 4. The van der Waals surface area contributed by atoms with Gasteiger partial charge in [0.15, 0.2) is 0 Å². The van der Waals surface area contributed by atoms with Gasteiger partial charge in [-0.15, -0.1) is 0 Å². The molecule has 1 aliphatic rings. The third-order valence-corrected chi connectivity index (χ3v) is 7.02. The number of benzene rings is 3. The average Bonchev–Trinajstić information content (AvgIpc) is 2.83. The van der Waals surface area contributed by atoms with E-state index in [0.29, 0.717) is 0 Å². The van der Waals surface area contributed by atoms with Gasteiger partial charge in [-0.1, -0.05) is 42.0 Å². The van der Waals surface area contributed by atoms with E-state index < -0.39 is 21.7 Å². The van der Waals surface area contributed by atoms with Crippen LogP contribution >= 0.6 is 0 Å². The van der Waals surface area contributed by atoms with Crippen LogP contribution in [0.25, 0.3) is 0 Å². The molecule has 1 heterocycles. The van der Waals surface area contributed by atoms with Crippen molar-refractivity contribution >= 4 is 27.4 Å². The lowest BCUT2D eigenvalue weighted by molar-refractivity contribution is 0.0526. The van der Waals surface area contributed by atoms with Gasteiger partial charge in [0.05, 0.1) is 39.8 Å². The van der Waals surface area contributed by atoms with Gasteiger partial charge in [-0.3, -0.25) is 4.79 Å². The Hall–Kier alpha value is -3.45. The number of anilines is 1. The van der Waals surface area contributed by atoms with Crippen LogP contribution in [0, 0.1) is 6.92 Å². The number of aryl methyl sites for hydroxylation is 1. The summed E-state index contributed by atoms with van der Waals surface area (Å²) in [7, 11) is -3.97. The number of amides is 1. The van der Waals surface area contributed by atoms with Gasteiger partial charge in [0.1, 0.15) is 0 Å². The van der Waals surface area contributed by atoms with Crippen molar-refractivity contribution in [2.45, 2.75) is 30.2 Å². The van der Waals surface area contributed by atoms with E-state index in [4.69, 9.17) is 4.74 Å². The number of hydrogen-bond acceptors (Lipinski definition) is 5. The largest absolute Gasteiger partial charge is 0.462 e. The minimum absolute atomic E-state index is 0.0223. The smallest absolute Gasteiger partial charge is 0.338 e. The van der Waals surface area contributed by atoms with Crippen LogP contribution in [-0.2, 0) is 21.1 Å². The van der Waals surface area contributed by atoms with E-state index in [1.54, 1.807) is 19.1 Å². The first-order valence-electron chi connectivity index (χ1n) is 9.85. The SMILES string of the molecule is CCOC(=O)c1ccc2c(c1)N(Cc1ccc(C)cc1)C(=O)c1ccccc1S2(=O)=O. The number of hydrogen-bond donors (Lipinski definition) is 0. The second-order valence-corrected chi connectivity index (χ2v) is 9.17. The van der Waals surface area contributed by atoms with Crippen molar-refractivity contribution in [1.29, 1.82) is 0 Å². The minimum Gasteiger partial charge on any atom is -0.462 e. The maximum atomic E-state index is 13.5. The molecule has 0 spiro atoms. The zero-order chi connectivity index (χ0) is 22.2. The third-order valence-electron chi connectivity index (χ3n) is 5.16. The van der Waals surface area contributed by atoms with Crippen molar-refractivity contribution in [2.75, 3.05) is 11.5 Å². The molecule has 0 atom stereocenters. The number of fused-ring (bicyclic) bond motifs is 2. The number of nitrogens with zero attached hydrogens (tertiary/aromatic N) is 1. The summed E-state index contributed by atoms with van der Waals surface area (Å²) in [6.07, 6.45) is 0. The van der Waals surface area contributed by atoms with E-state index in [0.717, 1.165) is 11.1 Å². The molecule has 0 bridgehead atoms. The molecule has 0 saturated heterocycles. The Labute approximate surface area is 181 Å². The highest BCUT2D eigenvalue weighted by Gasteiger charge is 2.36. The number of sulfone groups is 1. The molecule has 3 aromatic rings. The lowest BCUT2D eigenvalue weighted by Gasteiger charge is -2.23. The summed E-state index contributed by atoms with van der Waals surface area (Å²) in [4.78, 5) is 27.2. The molecule has 0 fully saturated rings. The predicted octanol–water partition coefficient (Wildman–Crippen LogP) is 4.16. The Morgan fingerprint density at radius 1 is 0.968 bits per heavy atom. The van der Waals surface area contributed by atoms with E-state index in [2.05, 4.69) is 0 Å². The second-order valence-electron chi connectivity index (χ2n) is 7.28. The van der Waals surface area contributed by atoms with E-state index in [-0.39, 0.29) is 39.8 Å². The summed E-state index contributed by atoms with van der Waals surface area (Å²) in [6.45, 7) is 3.99. The highest BCUT2D eigenvalue weighted by molar-refractivity contribution is 7.91.